The molecule has 1 rings (SSSR count). The minimum absolute atomic E-state index is 0.0195. The molecular formula is C12H16ClN3O3. The first-order chi connectivity index (χ1) is 8.95. The monoisotopic (exact) mass is 285 g/mol. The number of hydrogen-bond acceptors (Lipinski definition) is 4. The van der Waals surface area contributed by atoms with Crippen LogP contribution in [-0.4, -0.2) is 31.0 Å². The standard InChI is InChI=1S/C12H16ClN3O3/c1-8(6-14-2)7-15-12(17)10-4-3-9(13)5-11(10)16(18)19/h3-5,8,14H,6-7H2,1-2H3,(H,15,17). The first kappa shape index (κ1) is 15.4. The molecule has 0 saturated carbocycles. The molecule has 1 aromatic carbocycles. The van der Waals surface area contributed by atoms with E-state index in [4.69, 9.17) is 11.6 Å². The quantitative estimate of drug-likeness (QED) is 0.617. The van der Waals surface area contributed by atoms with Crippen molar-refractivity contribution in [1.29, 1.82) is 0 Å². The summed E-state index contributed by atoms with van der Waals surface area (Å²) in [4.78, 5) is 22.2. The van der Waals surface area contributed by atoms with E-state index in [2.05, 4.69) is 10.6 Å². The van der Waals surface area contributed by atoms with Crippen molar-refractivity contribution in [3.8, 4) is 0 Å². The lowest BCUT2D eigenvalue weighted by atomic mass is 10.1. The summed E-state index contributed by atoms with van der Waals surface area (Å²) in [5.74, 6) is -0.230. The van der Waals surface area contributed by atoms with Crippen LogP contribution in [0.5, 0.6) is 0 Å². The van der Waals surface area contributed by atoms with Crippen LogP contribution in [0.25, 0.3) is 0 Å². The first-order valence-corrected chi connectivity index (χ1v) is 6.20. The van der Waals surface area contributed by atoms with Gasteiger partial charge in [-0.2, -0.15) is 0 Å². The Morgan fingerprint density at radius 1 is 1.47 bits per heavy atom. The minimum Gasteiger partial charge on any atom is -0.352 e. The molecule has 0 aliphatic carbocycles. The molecule has 0 heterocycles. The Morgan fingerprint density at radius 2 is 2.16 bits per heavy atom. The molecule has 0 aromatic heterocycles. The molecule has 0 aliphatic heterocycles. The van der Waals surface area contributed by atoms with Gasteiger partial charge >= 0.3 is 0 Å². The van der Waals surface area contributed by atoms with E-state index in [1.807, 2.05) is 14.0 Å². The highest BCUT2D eigenvalue weighted by atomic mass is 35.5. The van der Waals surface area contributed by atoms with Gasteiger partial charge in [-0.3, -0.25) is 14.9 Å². The third kappa shape index (κ3) is 4.50. The maximum absolute atomic E-state index is 11.9. The van der Waals surface area contributed by atoms with Crippen LogP contribution >= 0.6 is 11.6 Å². The second kappa shape index (κ2) is 7.06. The number of carbonyl (C=O) groups is 1. The molecular weight excluding hydrogens is 270 g/mol. The molecule has 0 spiro atoms. The fourth-order valence-electron chi connectivity index (χ4n) is 1.63. The number of amides is 1. The van der Waals surface area contributed by atoms with E-state index >= 15 is 0 Å². The van der Waals surface area contributed by atoms with E-state index in [9.17, 15) is 14.9 Å². The SMILES string of the molecule is CNCC(C)CNC(=O)c1ccc(Cl)cc1[N+](=O)[O-]. The van der Waals surface area contributed by atoms with Crippen molar-refractivity contribution in [2.45, 2.75) is 6.92 Å². The van der Waals surface area contributed by atoms with Gasteiger partial charge < -0.3 is 10.6 Å². The van der Waals surface area contributed by atoms with E-state index in [1.165, 1.54) is 18.2 Å². The molecule has 19 heavy (non-hydrogen) atoms. The van der Waals surface area contributed by atoms with Gasteiger partial charge in [0.1, 0.15) is 5.56 Å². The second-order valence-corrected chi connectivity index (χ2v) is 4.73. The Kier molecular flexibility index (Phi) is 5.72. The molecule has 0 saturated heterocycles. The van der Waals surface area contributed by atoms with Crippen LogP contribution in [0.2, 0.25) is 5.02 Å². The molecule has 0 bridgehead atoms. The van der Waals surface area contributed by atoms with Crippen molar-refractivity contribution in [2.75, 3.05) is 20.1 Å². The number of rotatable bonds is 6. The van der Waals surface area contributed by atoms with Crippen LogP contribution in [0.1, 0.15) is 17.3 Å². The zero-order valence-electron chi connectivity index (χ0n) is 10.8. The van der Waals surface area contributed by atoms with Gasteiger partial charge in [0, 0.05) is 17.6 Å². The lowest BCUT2D eigenvalue weighted by molar-refractivity contribution is -0.385. The molecule has 7 heteroatoms. The summed E-state index contributed by atoms with van der Waals surface area (Å²) in [7, 11) is 1.82. The zero-order valence-corrected chi connectivity index (χ0v) is 11.5. The maximum Gasteiger partial charge on any atom is 0.283 e. The highest BCUT2D eigenvalue weighted by Gasteiger charge is 2.20. The average Bonchev–Trinajstić information content (AvgIpc) is 2.36. The van der Waals surface area contributed by atoms with E-state index in [1.54, 1.807) is 0 Å². The van der Waals surface area contributed by atoms with Crippen molar-refractivity contribution in [1.82, 2.24) is 10.6 Å². The van der Waals surface area contributed by atoms with Crippen LogP contribution in [-0.2, 0) is 0 Å². The van der Waals surface area contributed by atoms with Gasteiger partial charge in [-0.1, -0.05) is 18.5 Å². The molecule has 2 N–H and O–H groups in total. The first-order valence-electron chi connectivity index (χ1n) is 5.82. The Balaban J connectivity index is 2.79. The summed E-state index contributed by atoms with van der Waals surface area (Å²) in [6.07, 6.45) is 0. The molecule has 0 radical (unpaired) electrons. The molecule has 1 unspecified atom stereocenters. The third-order valence-electron chi connectivity index (χ3n) is 2.56. The van der Waals surface area contributed by atoms with Gasteiger partial charge in [-0.05, 0) is 31.6 Å². The number of nitro groups is 1. The lowest BCUT2D eigenvalue weighted by Gasteiger charge is -2.12. The van der Waals surface area contributed by atoms with Crippen molar-refractivity contribution in [3.63, 3.8) is 0 Å². The molecule has 6 nitrogen and oxygen atoms in total. The Bertz CT molecular complexity index is 479. The van der Waals surface area contributed by atoms with Crippen molar-refractivity contribution < 1.29 is 9.72 Å². The predicted octanol–water partition coefficient (Wildman–Crippen LogP) is 1.83. The summed E-state index contributed by atoms with van der Waals surface area (Å²) >= 11 is 5.69. The van der Waals surface area contributed by atoms with E-state index in [0.717, 1.165) is 6.54 Å². The minimum atomic E-state index is -0.613. The van der Waals surface area contributed by atoms with Gasteiger partial charge in [0.25, 0.3) is 11.6 Å². The average molecular weight is 286 g/mol. The van der Waals surface area contributed by atoms with Crippen molar-refractivity contribution in [2.24, 2.45) is 5.92 Å². The molecule has 0 aliphatic rings. The summed E-state index contributed by atoms with van der Waals surface area (Å²) in [6.45, 7) is 3.16. The van der Waals surface area contributed by atoms with Gasteiger partial charge in [-0.15, -0.1) is 0 Å². The van der Waals surface area contributed by atoms with Crippen LogP contribution in [0, 0.1) is 16.0 Å². The van der Waals surface area contributed by atoms with Crippen molar-refractivity contribution in [3.05, 3.63) is 38.9 Å². The summed E-state index contributed by atoms with van der Waals surface area (Å²) in [6, 6.07) is 3.99. The van der Waals surface area contributed by atoms with E-state index < -0.39 is 10.8 Å². The predicted molar refractivity (Wildman–Crippen MR) is 73.5 cm³/mol. The highest BCUT2D eigenvalue weighted by molar-refractivity contribution is 6.31. The van der Waals surface area contributed by atoms with Gasteiger partial charge in [-0.25, -0.2) is 0 Å². The molecule has 1 atom stereocenters. The smallest absolute Gasteiger partial charge is 0.283 e. The highest BCUT2D eigenvalue weighted by Crippen LogP contribution is 2.23. The Hall–Kier alpha value is -1.66. The lowest BCUT2D eigenvalue weighted by Crippen LogP contribution is -2.32. The number of carbonyl (C=O) groups excluding carboxylic acids is 1. The molecule has 1 amide bonds. The van der Waals surface area contributed by atoms with Crippen LogP contribution in [0.4, 0.5) is 5.69 Å². The maximum atomic E-state index is 11.9. The van der Waals surface area contributed by atoms with Crippen LogP contribution in [0.15, 0.2) is 18.2 Å². The number of halogens is 1. The van der Waals surface area contributed by atoms with Gasteiger partial charge in [0.15, 0.2) is 0 Å². The third-order valence-corrected chi connectivity index (χ3v) is 2.80. The second-order valence-electron chi connectivity index (χ2n) is 4.29. The fourth-order valence-corrected chi connectivity index (χ4v) is 1.80. The number of nitrogens with one attached hydrogen (secondary N) is 2. The number of hydrogen-bond donors (Lipinski definition) is 2. The summed E-state index contributed by atoms with van der Waals surface area (Å²) in [5, 5.41) is 16.8. The van der Waals surface area contributed by atoms with E-state index in [0.29, 0.717) is 6.54 Å². The number of nitro benzene ring substituents is 1. The fraction of sp³-hybridized carbons (Fsp3) is 0.417. The summed E-state index contributed by atoms with van der Waals surface area (Å²) in [5.41, 5.74) is -0.266. The zero-order chi connectivity index (χ0) is 14.4. The topological polar surface area (TPSA) is 84.3 Å². The van der Waals surface area contributed by atoms with Crippen LogP contribution < -0.4 is 10.6 Å². The molecule has 104 valence electrons. The summed E-state index contributed by atoms with van der Waals surface area (Å²) < 4.78 is 0. The number of benzene rings is 1. The molecule has 1 aromatic rings. The van der Waals surface area contributed by atoms with E-state index in [-0.39, 0.29) is 22.2 Å². The molecule has 0 fully saturated rings. The Labute approximate surface area is 116 Å². The largest absolute Gasteiger partial charge is 0.352 e. The normalized spacial score (nSPS) is 11.9. The van der Waals surface area contributed by atoms with Gasteiger partial charge in [0.2, 0.25) is 0 Å². The van der Waals surface area contributed by atoms with Crippen molar-refractivity contribution >= 4 is 23.2 Å². The Morgan fingerprint density at radius 3 is 2.74 bits per heavy atom. The number of nitrogens with zero attached hydrogens (tertiary/aromatic N) is 1. The van der Waals surface area contributed by atoms with Gasteiger partial charge in [0.05, 0.1) is 4.92 Å². The van der Waals surface area contributed by atoms with Crippen LogP contribution in [0.3, 0.4) is 0 Å².